The molecule has 0 N–H and O–H groups in total. The molecule has 0 radical (unpaired) electrons. The van der Waals surface area contributed by atoms with Gasteiger partial charge in [-0.2, -0.15) is 4.89 Å². The molecule has 39 heavy (non-hydrogen) atoms. The summed E-state index contributed by atoms with van der Waals surface area (Å²) in [7, 11) is 0. The second kappa shape index (κ2) is 11.2. The van der Waals surface area contributed by atoms with Crippen LogP contribution in [-0.2, 0) is 23.0 Å². The lowest BCUT2D eigenvalue weighted by Crippen LogP contribution is -2.09. The van der Waals surface area contributed by atoms with Gasteiger partial charge in [0, 0.05) is 16.3 Å². The zero-order valence-electron chi connectivity index (χ0n) is 21.1. The highest BCUT2D eigenvalue weighted by Gasteiger charge is 2.24. The molecule has 0 saturated carbocycles. The third-order valence-corrected chi connectivity index (χ3v) is 6.52. The predicted octanol–water partition coefficient (Wildman–Crippen LogP) is 7.92. The SMILES string of the molecule is O=C(OOCc1ccccc1)c1c2ccccc2nc2ccc(OCc3ccccc3)c(-c3ccccc3)c12. The normalized spacial score (nSPS) is 11.0. The van der Waals surface area contributed by atoms with Crippen LogP contribution in [0.5, 0.6) is 5.75 Å². The summed E-state index contributed by atoms with van der Waals surface area (Å²) in [5.41, 5.74) is 5.36. The summed E-state index contributed by atoms with van der Waals surface area (Å²) >= 11 is 0. The summed E-state index contributed by atoms with van der Waals surface area (Å²) in [6, 6.07) is 40.8. The number of aromatic nitrogens is 1. The number of fused-ring (bicyclic) bond motifs is 2. The first-order valence-corrected chi connectivity index (χ1v) is 12.7. The molecule has 1 aromatic heterocycles. The van der Waals surface area contributed by atoms with E-state index in [1.807, 2.05) is 127 Å². The number of pyridine rings is 1. The van der Waals surface area contributed by atoms with Crippen molar-refractivity contribution in [3.63, 3.8) is 0 Å². The van der Waals surface area contributed by atoms with Gasteiger partial charge in [-0.15, -0.1) is 0 Å². The molecular weight excluding hydrogens is 486 g/mol. The van der Waals surface area contributed by atoms with Gasteiger partial charge in [0.25, 0.3) is 0 Å². The van der Waals surface area contributed by atoms with Crippen LogP contribution in [0.15, 0.2) is 127 Å². The molecule has 5 aromatic carbocycles. The highest BCUT2D eigenvalue weighted by atomic mass is 17.2. The van der Waals surface area contributed by atoms with Crippen LogP contribution in [0.1, 0.15) is 21.5 Å². The summed E-state index contributed by atoms with van der Waals surface area (Å²) < 4.78 is 6.36. The van der Waals surface area contributed by atoms with Gasteiger partial charge in [0.1, 0.15) is 19.0 Å². The predicted molar refractivity (Wildman–Crippen MR) is 152 cm³/mol. The van der Waals surface area contributed by atoms with E-state index in [1.165, 1.54) is 0 Å². The molecule has 0 atom stereocenters. The molecule has 0 aliphatic carbocycles. The Bertz CT molecular complexity index is 1740. The van der Waals surface area contributed by atoms with Crippen LogP contribution >= 0.6 is 0 Å². The standard InChI is InChI=1S/C34H25NO4/c36-34(39-38-23-25-14-6-2-7-15-25)32-27-18-10-11-19-28(27)35-29-20-21-30(37-22-24-12-4-1-5-13-24)31(33(29)32)26-16-8-3-9-17-26/h1-21H,22-23H2. The number of hydrogen-bond acceptors (Lipinski definition) is 5. The van der Waals surface area contributed by atoms with E-state index in [-0.39, 0.29) is 6.61 Å². The maximum absolute atomic E-state index is 13.7. The molecule has 190 valence electrons. The summed E-state index contributed by atoms with van der Waals surface area (Å²) in [6.07, 6.45) is 0. The zero-order valence-corrected chi connectivity index (χ0v) is 21.1. The van der Waals surface area contributed by atoms with Crippen molar-refractivity contribution < 1.29 is 19.3 Å². The van der Waals surface area contributed by atoms with Crippen molar-refractivity contribution in [3.05, 3.63) is 144 Å². The minimum absolute atomic E-state index is 0.143. The number of carbonyl (C=O) groups excluding carboxylic acids is 1. The van der Waals surface area contributed by atoms with Crippen LogP contribution < -0.4 is 4.74 Å². The Hall–Kier alpha value is -5.00. The van der Waals surface area contributed by atoms with E-state index in [9.17, 15) is 4.79 Å². The number of carbonyl (C=O) groups is 1. The van der Waals surface area contributed by atoms with E-state index in [0.29, 0.717) is 39.7 Å². The molecule has 0 aliphatic rings. The average molecular weight is 512 g/mol. The summed E-state index contributed by atoms with van der Waals surface area (Å²) in [5.74, 6) is 0.0563. The first-order chi connectivity index (χ1) is 19.3. The number of benzene rings is 5. The van der Waals surface area contributed by atoms with Crippen molar-refractivity contribution in [3.8, 4) is 16.9 Å². The zero-order chi connectivity index (χ0) is 26.4. The van der Waals surface area contributed by atoms with E-state index < -0.39 is 5.97 Å². The highest BCUT2D eigenvalue weighted by Crippen LogP contribution is 2.41. The van der Waals surface area contributed by atoms with Crippen molar-refractivity contribution in [1.82, 2.24) is 4.98 Å². The maximum atomic E-state index is 13.7. The van der Waals surface area contributed by atoms with Crippen molar-refractivity contribution in [2.24, 2.45) is 0 Å². The molecule has 6 aromatic rings. The third kappa shape index (κ3) is 5.21. The van der Waals surface area contributed by atoms with Gasteiger partial charge in [0.2, 0.25) is 0 Å². The quantitative estimate of drug-likeness (QED) is 0.118. The fraction of sp³-hybridized carbons (Fsp3) is 0.0588. The number of para-hydroxylation sites is 1. The van der Waals surface area contributed by atoms with Crippen LogP contribution in [0.25, 0.3) is 32.9 Å². The Balaban J connectivity index is 1.49. The Morgan fingerprint density at radius 3 is 1.95 bits per heavy atom. The molecule has 0 bridgehead atoms. The molecule has 1 heterocycles. The topological polar surface area (TPSA) is 57.7 Å². The van der Waals surface area contributed by atoms with Gasteiger partial charge in [-0.1, -0.05) is 109 Å². The van der Waals surface area contributed by atoms with Crippen molar-refractivity contribution in [2.45, 2.75) is 13.2 Å². The molecule has 0 spiro atoms. The number of hydrogen-bond donors (Lipinski definition) is 0. The van der Waals surface area contributed by atoms with Gasteiger partial charge in [0.15, 0.2) is 0 Å². The molecule has 0 aliphatic heterocycles. The van der Waals surface area contributed by atoms with Crippen LogP contribution in [0, 0.1) is 0 Å². The minimum Gasteiger partial charge on any atom is -0.488 e. The van der Waals surface area contributed by atoms with Crippen molar-refractivity contribution >= 4 is 27.8 Å². The Morgan fingerprint density at radius 2 is 1.23 bits per heavy atom. The average Bonchev–Trinajstić information content (AvgIpc) is 3.00. The lowest BCUT2D eigenvalue weighted by Gasteiger charge is -2.18. The van der Waals surface area contributed by atoms with Gasteiger partial charge in [0.05, 0.1) is 16.6 Å². The molecule has 0 amide bonds. The monoisotopic (exact) mass is 511 g/mol. The lowest BCUT2D eigenvalue weighted by atomic mass is 9.93. The molecule has 0 fully saturated rings. The van der Waals surface area contributed by atoms with Crippen LogP contribution in [0.4, 0.5) is 0 Å². The van der Waals surface area contributed by atoms with Crippen molar-refractivity contribution in [2.75, 3.05) is 0 Å². The molecule has 0 saturated heterocycles. The summed E-state index contributed by atoms with van der Waals surface area (Å²) in [5, 5.41) is 1.33. The largest absolute Gasteiger partial charge is 0.488 e. The second-order valence-corrected chi connectivity index (χ2v) is 9.10. The smallest absolute Gasteiger partial charge is 0.374 e. The Kier molecular flexibility index (Phi) is 6.97. The van der Waals surface area contributed by atoms with Crippen LogP contribution in [-0.4, -0.2) is 11.0 Å². The Labute approximate surface area is 226 Å². The first-order valence-electron chi connectivity index (χ1n) is 12.7. The van der Waals surface area contributed by atoms with Crippen molar-refractivity contribution in [1.29, 1.82) is 0 Å². The summed E-state index contributed by atoms with van der Waals surface area (Å²) in [4.78, 5) is 29.4. The molecule has 6 rings (SSSR count). The Morgan fingerprint density at radius 1 is 0.615 bits per heavy atom. The summed E-state index contributed by atoms with van der Waals surface area (Å²) in [6.45, 7) is 0.525. The van der Waals surface area contributed by atoms with E-state index in [0.717, 1.165) is 22.3 Å². The van der Waals surface area contributed by atoms with E-state index in [1.54, 1.807) is 0 Å². The third-order valence-electron chi connectivity index (χ3n) is 6.52. The second-order valence-electron chi connectivity index (χ2n) is 9.10. The van der Waals surface area contributed by atoms with Gasteiger partial charge in [-0.25, -0.2) is 9.78 Å². The lowest BCUT2D eigenvalue weighted by molar-refractivity contribution is -0.250. The number of rotatable bonds is 8. The highest BCUT2D eigenvalue weighted by molar-refractivity contribution is 6.18. The van der Waals surface area contributed by atoms with Gasteiger partial charge < -0.3 is 4.74 Å². The molecule has 0 unspecified atom stereocenters. The molecular formula is C34H25NO4. The first kappa shape index (κ1) is 24.3. The maximum Gasteiger partial charge on any atom is 0.374 e. The van der Waals surface area contributed by atoms with E-state index in [2.05, 4.69) is 0 Å². The molecule has 5 nitrogen and oxygen atoms in total. The fourth-order valence-electron chi connectivity index (χ4n) is 4.69. The van der Waals surface area contributed by atoms with Crippen LogP contribution in [0.2, 0.25) is 0 Å². The van der Waals surface area contributed by atoms with Gasteiger partial charge >= 0.3 is 5.97 Å². The number of nitrogens with zero attached hydrogens (tertiary/aromatic N) is 1. The van der Waals surface area contributed by atoms with E-state index >= 15 is 0 Å². The number of ether oxygens (including phenoxy) is 1. The van der Waals surface area contributed by atoms with E-state index in [4.69, 9.17) is 19.5 Å². The van der Waals surface area contributed by atoms with Crippen LogP contribution in [0.3, 0.4) is 0 Å². The fourth-order valence-corrected chi connectivity index (χ4v) is 4.69. The van der Waals surface area contributed by atoms with Gasteiger partial charge in [-0.05, 0) is 34.9 Å². The van der Waals surface area contributed by atoms with Gasteiger partial charge in [-0.3, -0.25) is 4.89 Å². The minimum atomic E-state index is -0.591. The molecule has 5 heteroatoms.